The number of hydrogen-bond acceptors (Lipinski definition) is 4. The van der Waals surface area contributed by atoms with Gasteiger partial charge in [0.2, 0.25) is 10.0 Å². The normalized spacial score (nSPS) is 17.8. The second-order valence-electron chi connectivity index (χ2n) is 3.99. The average molecular weight is 323 g/mol. The third-order valence-electron chi connectivity index (χ3n) is 2.74. The molecular formula is C10H15BrN2O3S. The van der Waals surface area contributed by atoms with Crippen molar-refractivity contribution < 1.29 is 12.8 Å². The molecule has 1 aliphatic heterocycles. The van der Waals surface area contributed by atoms with Gasteiger partial charge in [0, 0.05) is 19.2 Å². The van der Waals surface area contributed by atoms with Crippen LogP contribution < -0.4 is 5.32 Å². The van der Waals surface area contributed by atoms with E-state index in [4.69, 9.17) is 4.42 Å². The van der Waals surface area contributed by atoms with Gasteiger partial charge in [-0.1, -0.05) is 0 Å². The second-order valence-corrected chi connectivity index (χ2v) is 6.62. The first-order valence-corrected chi connectivity index (χ1v) is 7.72. The van der Waals surface area contributed by atoms with Gasteiger partial charge in [-0.2, -0.15) is 4.31 Å². The van der Waals surface area contributed by atoms with Crippen molar-refractivity contribution in [3.8, 4) is 0 Å². The van der Waals surface area contributed by atoms with Crippen LogP contribution in [0.1, 0.15) is 18.6 Å². The molecule has 1 fully saturated rings. The van der Waals surface area contributed by atoms with Crippen molar-refractivity contribution in [3.05, 3.63) is 16.5 Å². The highest BCUT2D eigenvalue weighted by Crippen LogP contribution is 2.30. The zero-order chi connectivity index (χ0) is 12.5. The van der Waals surface area contributed by atoms with E-state index in [1.807, 2.05) is 0 Å². The van der Waals surface area contributed by atoms with Crippen LogP contribution >= 0.6 is 15.9 Å². The Balaban J connectivity index is 2.32. The minimum absolute atomic E-state index is 0.227. The average Bonchev–Trinajstić information content (AvgIpc) is 2.88. The van der Waals surface area contributed by atoms with Crippen LogP contribution in [0.5, 0.6) is 0 Å². The Hall–Kier alpha value is -0.370. The van der Waals surface area contributed by atoms with Crippen LogP contribution in [0.3, 0.4) is 0 Å². The van der Waals surface area contributed by atoms with Crippen LogP contribution in [0, 0.1) is 0 Å². The minimum Gasteiger partial charge on any atom is -0.452 e. The number of furan rings is 1. The van der Waals surface area contributed by atoms with Gasteiger partial charge in [0.05, 0.1) is 6.54 Å². The molecule has 0 amide bonds. The molecule has 1 saturated heterocycles. The van der Waals surface area contributed by atoms with E-state index in [2.05, 4.69) is 21.2 Å². The first-order valence-electron chi connectivity index (χ1n) is 5.48. The van der Waals surface area contributed by atoms with Crippen LogP contribution in [0.4, 0.5) is 0 Å². The molecule has 2 rings (SSSR count). The van der Waals surface area contributed by atoms with Gasteiger partial charge in [-0.25, -0.2) is 8.42 Å². The van der Waals surface area contributed by atoms with Gasteiger partial charge in [-0.3, -0.25) is 0 Å². The van der Waals surface area contributed by atoms with E-state index in [0.29, 0.717) is 25.4 Å². The maximum Gasteiger partial charge on any atom is 0.247 e. The van der Waals surface area contributed by atoms with E-state index in [1.165, 1.54) is 4.31 Å². The van der Waals surface area contributed by atoms with Crippen molar-refractivity contribution in [2.45, 2.75) is 24.3 Å². The fraction of sp³-hybridized carbons (Fsp3) is 0.600. The molecule has 1 aromatic rings. The Morgan fingerprint density at radius 1 is 1.47 bits per heavy atom. The third kappa shape index (κ3) is 2.57. The van der Waals surface area contributed by atoms with Crippen molar-refractivity contribution in [1.29, 1.82) is 0 Å². The molecule has 0 saturated carbocycles. The van der Waals surface area contributed by atoms with Crippen LogP contribution in [0.15, 0.2) is 20.0 Å². The molecule has 1 aromatic heterocycles. The molecule has 0 atom stereocenters. The molecule has 0 bridgehead atoms. The third-order valence-corrected chi connectivity index (χ3v) is 5.50. The van der Waals surface area contributed by atoms with Crippen molar-refractivity contribution in [1.82, 2.24) is 9.62 Å². The molecule has 0 unspecified atom stereocenters. The summed E-state index contributed by atoms with van der Waals surface area (Å²) in [6.07, 6.45) is 1.86. The van der Waals surface area contributed by atoms with E-state index in [1.54, 1.807) is 13.1 Å². The molecular weight excluding hydrogens is 308 g/mol. The fourth-order valence-corrected chi connectivity index (χ4v) is 4.38. The van der Waals surface area contributed by atoms with Gasteiger partial charge in [0.15, 0.2) is 4.67 Å². The Bertz CT molecular complexity index is 492. The first-order chi connectivity index (χ1) is 8.05. The maximum atomic E-state index is 12.3. The predicted molar refractivity (Wildman–Crippen MR) is 67.2 cm³/mol. The molecule has 0 radical (unpaired) electrons. The van der Waals surface area contributed by atoms with Gasteiger partial charge >= 0.3 is 0 Å². The molecule has 2 heterocycles. The Labute approximate surface area is 109 Å². The summed E-state index contributed by atoms with van der Waals surface area (Å²) >= 11 is 3.17. The molecule has 17 heavy (non-hydrogen) atoms. The Morgan fingerprint density at radius 2 is 2.12 bits per heavy atom. The summed E-state index contributed by atoms with van der Waals surface area (Å²) in [4.78, 5) is 0.227. The molecule has 96 valence electrons. The van der Waals surface area contributed by atoms with Gasteiger partial charge in [0.25, 0.3) is 0 Å². The summed E-state index contributed by atoms with van der Waals surface area (Å²) in [7, 11) is -1.62. The zero-order valence-corrected chi connectivity index (χ0v) is 12.0. The number of hydrogen-bond donors (Lipinski definition) is 1. The van der Waals surface area contributed by atoms with Crippen molar-refractivity contribution in [3.63, 3.8) is 0 Å². The molecule has 1 aliphatic rings. The molecule has 1 N–H and O–H groups in total. The number of rotatable bonds is 4. The minimum atomic E-state index is -3.40. The topological polar surface area (TPSA) is 62.6 Å². The van der Waals surface area contributed by atoms with Gasteiger partial charge in [0.1, 0.15) is 10.7 Å². The summed E-state index contributed by atoms with van der Waals surface area (Å²) in [6.45, 7) is 1.71. The SMILES string of the molecule is CNCc1cc(S(=O)(=O)N2CCCC2)c(Br)o1. The summed E-state index contributed by atoms with van der Waals surface area (Å²) in [5.74, 6) is 0.608. The monoisotopic (exact) mass is 322 g/mol. The second kappa shape index (κ2) is 5.09. The quantitative estimate of drug-likeness (QED) is 0.913. The van der Waals surface area contributed by atoms with Crippen molar-refractivity contribution in [2.75, 3.05) is 20.1 Å². The molecule has 0 aliphatic carbocycles. The van der Waals surface area contributed by atoms with Crippen molar-refractivity contribution in [2.24, 2.45) is 0 Å². The van der Waals surface area contributed by atoms with E-state index in [0.717, 1.165) is 12.8 Å². The molecule has 0 spiro atoms. The lowest BCUT2D eigenvalue weighted by atomic mass is 10.4. The fourth-order valence-electron chi connectivity index (χ4n) is 1.90. The highest BCUT2D eigenvalue weighted by atomic mass is 79.9. The van der Waals surface area contributed by atoms with E-state index < -0.39 is 10.0 Å². The van der Waals surface area contributed by atoms with Crippen LogP contribution in [-0.2, 0) is 16.6 Å². The smallest absolute Gasteiger partial charge is 0.247 e. The first kappa shape index (κ1) is 13.1. The lowest BCUT2D eigenvalue weighted by molar-refractivity contribution is 0.459. The zero-order valence-electron chi connectivity index (χ0n) is 9.57. The summed E-state index contributed by atoms with van der Waals surface area (Å²) < 4.78 is 31.7. The van der Waals surface area contributed by atoms with Gasteiger partial charge < -0.3 is 9.73 Å². The summed E-state index contributed by atoms with van der Waals surface area (Å²) in [6, 6.07) is 1.58. The maximum absolute atomic E-state index is 12.3. The van der Waals surface area contributed by atoms with Crippen LogP contribution in [0.25, 0.3) is 0 Å². The number of nitrogens with one attached hydrogen (secondary N) is 1. The summed E-state index contributed by atoms with van der Waals surface area (Å²) in [5.41, 5.74) is 0. The number of sulfonamides is 1. The lowest BCUT2D eigenvalue weighted by Crippen LogP contribution is -2.27. The van der Waals surface area contributed by atoms with E-state index in [9.17, 15) is 8.42 Å². The number of nitrogens with zero attached hydrogens (tertiary/aromatic N) is 1. The number of halogens is 1. The van der Waals surface area contributed by atoms with Gasteiger partial charge in [-0.15, -0.1) is 0 Å². The largest absolute Gasteiger partial charge is 0.452 e. The highest BCUT2D eigenvalue weighted by Gasteiger charge is 2.31. The molecule has 0 aromatic carbocycles. The van der Waals surface area contributed by atoms with Crippen LogP contribution in [-0.4, -0.2) is 32.9 Å². The van der Waals surface area contributed by atoms with E-state index >= 15 is 0 Å². The lowest BCUT2D eigenvalue weighted by Gasteiger charge is -2.13. The van der Waals surface area contributed by atoms with Crippen LogP contribution in [0.2, 0.25) is 0 Å². The Morgan fingerprint density at radius 3 is 2.71 bits per heavy atom. The van der Waals surface area contributed by atoms with Gasteiger partial charge in [-0.05, 0) is 35.8 Å². The van der Waals surface area contributed by atoms with E-state index in [-0.39, 0.29) is 9.56 Å². The Kier molecular flexibility index (Phi) is 3.92. The molecule has 7 heteroatoms. The van der Waals surface area contributed by atoms with Crippen molar-refractivity contribution >= 4 is 26.0 Å². The predicted octanol–water partition coefficient (Wildman–Crippen LogP) is 1.55. The standard InChI is InChI=1S/C10H15BrN2O3S/c1-12-7-8-6-9(10(11)16-8)17(14,15)13-4-2-3-5-13/h6,12H,2-5,7H2,1H3. The molecule has 5 nitrogen and oxygen atoms in total. The summed E-state index contributed by atoms with van der Waals surface area (Å²) in [5, 5.41) is 2.92. The highest BCUT2D eigenvalue weighted by molar-refractivity contribution is 9.10.